The molecule has 0 spiro atoms. The molecule has 7 heteroatoms. The Labute approximate surface area is 363 Å². The first-order valence-electron chi connectivity index (χ1n) is 20.3. The Kier molecular flexibility index (Phi) is 12.3. The first-order chi connectivity index (χ1) is 28.0. The van der Waals surface area contributed by atoms with Gasteiger partial charge < -0.3 is 14.0 Å². The number of fused-ring (bicyclic) bond motifs is 4. The predicted octanol–water partition coefficient (Wildman–Crippen LogP) is 13.2. The van der Waals surface area contributed by atoms with Crippen molar-refractivity contribution in [3.63, 3.8) is 0 Å². The largest absolute Gasteiger partial charge is 0.486 e. The number of para-hydroxylation sites is 2. The molecule has 299 valence electrons. The number of nitrogens with zero attached hydrogens (tertiary/aromatic N) is 4. The Morgan fingerprint density at radius 2 is 1.47 bits per heavy atom. The molecule has 0 fully saturated rings. The summed E-state index contributed by atoms with van der Waals surface area (Å²) in [6, 6.07) is 50.7. The van der Waals surface area contributed by atoms with Gasteiger partial charge in [0.15, 0.2) is 0 Å². The molecule has 0 bridgehead atoms. The molecule has 5 aromatic carbocycles. The maximum absolute atomic E-state index is 6.48. The summed E-state index contributed by atoms with van der Waals surface area (Å²) in [5.74, 6) is 1.78. The van der Waals surface area contributed by atoms with Crippen LogP contribution in [0.25, 0.3) is 72.6 Å². The first-order valence-corrected chi connectivity index (χ1v) is 23.8. The van der Waals surface area contributed by atoms with Crippen molar-refractivity contribution in [2.24, 2.45) is 5.92 Å². The van der Waals surface area contributed by atoms with Crippen LogP contribution in [0.1, 0.15) is 50.4 Å². The molecule has 4 aromatic heterocycles. The molecule has 0 atom stereocenters. The van der Waals surface area contributed by atoms with E-state index in [2.05, 4.69) is 166 Å². The summed E-state index contributed by atoms with van der Waals surface area (Å²) in [6.07, 6.45) is 3.24. The van der Waals surface area contributed by atoms with E-state index in [-0.39, 0.29) is 20.1 Å². The van der Waals surface area contributed by atoms with E-state index in [9.17, 15) is 0 Å². The minimum atomic E-state index is -1.34. The smallest absolute Gasteiger partial charge is 0.216 e. The topological polar surface area (TPSA) is 56.7 Å². The third-order valence-corrected chi connectivity index (χ3v) is 12.7. The monoisotopic (exact) mass is 967 g/mol. The predicted molar refractivity (Wildman–Crippen MR) is 245 cm³/mol. The van der Waals surface area contributed by atoms with Gasteiger partial charge in [-0.15, -0.1) is 53.6 Å². The summed E-state index contributed by atoms with van der Waals surface area (Å²) in [4.78, 5) is 14.5. The summed E-state index contributed by atoms with van der Waals surface area (Å²) in [5.41, 5.74) is 13.4. The summed E-state index contributed by atoms with van der Waals surface area (Å²) in [5, 5.41) is 3.61. The van der Waals surface area contributed by atoms with Gasteiger partial charge in [-0.3, -0.25) is 4.98 Å². The van der Waals surface area contributed by atoms with Crippen LogP contribution in [0.15, 0.2) is 138 Å². The van der Waals surface area contributed by atoms with Gasteiger partial charge in [0, 0.05) is 43.1 Å². The van der Waals surface area contributed by atoms with Gasteiger partial charge in [-0.2, -0.15) is 0 Å². The van der Waals surface area contributed by atoms with Gasteiger partial charge in [-0.05, 0) is 77.7 Å². The fourth-order valence-electron chi connectivity index (χ4n) is 7.81. The minimum Gasteiger partial charge on any atom is -0.486 e. The van der Waals surface area contributed by atoms with Gasteiger partial charge in [0.25, 0.3) is 0 Å². The Morgan fingerprint density at radius 3 is 2.17 bits per heavy atom. The molecule has 0 N–H and O–H groups in total. The summed E-state index contributed by atoms with van der Waals surface area (Å²) in [7, 11) is -1.34. The molecule has 9 rings (SSSR count). The summed E-state index contributed by atoms with van der Waals surface area (Å²) in [6.45, 7) is 18.1. The van der Waals surface area contributed by atoms with E-state index < -0.39 is 8.07 Å². The van der Waals surface area contributed by atoms with Crippen LogP contribution in [0.5, 0.6) is 0 Å². The van der Waals surface area contributed by atoms with E-state index in [4.69, 9.17) is 14.4 Å². The molecule has 9 aromatic rings. The number of rotatable bonds is 8. The van der Waals surface area contributed by atoms with Gasteiger partial charge in [0.2, 0.25) is 5.71 Å². The van der Waals surface area contributed by atoms with Crippen molar-refractivity contribution >= 4 is 46.4 Å². The molecule has 0 saturated heterocycles. The van der Waals surface area contributed by atoms with Gasteiger partial charge >= 0.3 is 0 Å². The zero-order valence-corrected chi connectivity index (χ0v) is 38.5. The second-order valence-corrected chi connectivity index (χ2v) is 21.9. The summed E-state index contributed by atoms with van der Waals surface area (Å²) >= 11 is 0. The van der Waals surface area contributed by atoms with Gasteiger partial charge in [0.05, 0.1) is 30.5 Å². The first kappa shape index (κ1) is 41.7. The molecular formula is C52H50IrN4OSi-2. The average molecular weight is 967 g/mol. The Balaban J connectivity index is 0.000000214. The van der Waals surface area contributed by atoms with Crippen molar-refractivity contribution in [1.29, 1.82) is 0 Å². The normalized spacial score (nSPS) is 11.6. The van der Waals surface area contributed by atoms with Crippen molar-refractivity contribution in [2.75, 3.05) is 0 Å². The fraction of sp³-hybridized carbons (Fsp3) is 0.212. The molecule has 0 aliphatic heterocycles. The molecule has 0 unspecified atom stereocenters. The number of hydrogen-bond donors (Lipinski definition) is 0. The zero-order chi connectivity index (χ0) is 40.6. The van der Waals surface area contributed by atoms with Crippen LogP contribution in [0.2, 0.25) is 19.6 Å². The van der Waals surface area contributed by atoms with Gasteiger partial charge in [-0.1, -0.05) is 130 Å². The molecule has 0 aliphatic carbocycles. The zero-order valence-electron chi connectivity index (χ0n) is 35.1. The maximum atomic E-state index is 6.48. The standard InChI is InChI=1S/C34H26N3O.C18H24NSi.Ir/c1-21(2)26-19-20-28(32-31(26)27-18-13-22(3)35-34(27)38-32)33-36-29-11-7-8-12-30(29)37(33)25-16-14-24(15-17-25)23-9-5-4-6-10-23;1-14(2)11-16-12-17(15-9-7-6-8-10-15)19-13-18(16)20(3,4)5;/h4-19,21H,1-3H3;6-9,12-14H,11H2,1-5H3;/q2*-1;. The Hall–Kier alpha value is -5.46. The molecule has 59 heavy (non-hydrogen) atoms. The van der Waals surface area contributed by atoms with Crippen molar-refractivity contribution in [3.8, 4) is 39.5 Å². The van der Waals surface area contributed by atoms with Crippen LogP contribution >= 0.6 is 0 Å². The molecule has 1 radical (unpaired) electrons. The molecular weight excluding hydrogens is 917 g/mol. The summed E-state index contributed by atoms with van der Waals surface area (Å²) < 4.78 is 8.68. The van der Waals surface area contributed by atoms with E-state index in [1.54, 1.807) is 0 Å². The van der Waals surface area contributed by atoms with Crippen molar-refractivity contribution in [3.05, 3.63) is 163 Å². The second kappa shape index (κ2) is 17.4. The number of benzene rings is 5. The van der Waals surface area contributed by atoms with Gasteiger partial charge in [0.1, 0.15) is 0 Å². The van der Waals surface area contributed by atoms with Crippen molar-refractivity contribution in [1.82, 2.24) is 19.5 Å². The van der Waals surface area contributed by atoms with Crippen LogP contribution in [0.4, 0.5) is 0 Å². The third kappa shape index (κ3) is 8.65. The van der Waals surface area contributed by atoms with Crippen molar-refractivity contribution < 1.29 is 24.5 Å². The number of aromatic nitrogens is 4. The second-order valence-electron chi connectivity index (χ2n) is 16.9. The molecule has 4 heterocycles. The number of pyridine rings is 2. The van der Waals surface area contributed by atoms with Crippen LogP contribution < -0.4 is 5.19 Å². The number of furan rings is 1. The van der Waals surface area contributed by atoms with Crippen LogP contribution in [-0.4, -0.2) is 27.6 Å². The number of aryl methyl sites for hydroxylation is 1. The average Bonchev–Trinajstić information content (AvgIpc) is 3.79. The molecule has 0 aliphatic rings. The van der Waals surface area contributed by atoms with E-state index >= 15 is 0 Å². The SMILES string of the molecule is CC(C)Cc1cc(-c2[c-]cccc2)ncc1[Si](C)(C)C.Cc1ccc2c(n1)oc1c(-c3nc4ccccc4n3-c3ccc(-c4ccccc4)cc3)[c-]cc(C(C)C)c12.[Ir]. The van der Waals surface area contributed by atoms with E-state index in [1.165, 1.54) is 27.4 Å². The quantitative estimate of drug-likeness (QED) is 0.112. The maximum Gasteiger partial charge on any atom is 0.216 e. The fourth-order valence-corrected chi connectivity index (χ4v) is 9.40. The number of imidazole rings is 1. The van der Waals surface area contributed by atoms with E-state index in [0.717, 1.165) is 67.8 Å². The molecule has 5 nitrogen and oxygen atoms in total. The molecule has 0 saturated carbocycles. The number of hydrogen-bond acceptors (Lipinski definition) is 4. The van der Waals surface area contributed by atoms with Gasteiger partial charge in [-0.25, -0.2) is 4.98 Å². The van der Waals surface area contributed by atoms with Crippen LogP contribution in [0.3, 0.4) is 0 Å². The Bertz CT molecular complexity index is 2850. The molecule has 0 amide bonds. The third-order valence-electron chi connectivity index (χ3n) is 10.6. The Morgan fingerprint density at radius 1 is 0.763 bits per heavy atom. The van der Waals surface area contributed by atoms with E-state index in [0.29, 0.717) is 17.5 Å². The van der Waals surface area contributed by atoms with Crippen molar-refractivity contribution in [2.45, 2.75) is 66.6 Å². The van der Waals surface area contributed by atoms with Crippen LogP contribution in [0, 0.1) is 25.0 Å². The minimum absolute atomic E-state index is 0. The van der Waals surface area contributed by atoms with E-state index in [1.807, 2.05) is 43.3 Å². The van der Waals surface area contributed by atoms with Crippen LogP contribution in [-0.2, 0) is 26.5 Å².